The van der Waals surface area contributed by atoms with E-state index in [2.05, 4.69) is 22.6 Å². The normalized spacial score (nSPS) is 9.67. The van der Waals surface area contributed by atoms with Crippen molar-refractivity contribution in [3.63, 3.8) is 0 Å². The van der Waals surface area contributed by atoms with Crippen LogP contribution in [0.2, 0.25) is 5.02 Å². The fourth-order valence-corrected chi connectivity index (χ4v) is 1.54. The van der Waals surface area contributed by atoms with E-state index in [0.29, 0.717) is 10.8 Å². The van der Waals surface area contributed by atoms with Crippen LogP contribution in [0.25, 0.3) is 0 Å². The third kappa shape index (κ3) is 1.95. The summed E-state index contributed by atoms with van der Waals surface area (Å²) in [6.07, 6.45) is 0. The fourth-order valence-electron chi connectivity index (χ4n) is 0.807. The largest absolute Gasteiger partial charge is 0.497 e. The van der Waals surface area contributed by atoms with E-state index in [1.807, 2.05) is 0 Å². The molecule has 0 N–H and O–H groups in total. The lowest BCUT2D eigenvalue weighted by atomic mass is 10.3. The van der Waals surface area contributed by atoms with E-state index in [1.165, 1.54) is 0 Å². The van der Waals surface area contributed by atoms with Crippen molar-refractivity contribution >= 4 is 34.2 Å². The second-order valence-corrected chi connectivity index (χ2v) is 3.61. The average molecular weight is 299 g/mol. The zero-order valence-corrected chi connectivity index (χ0v) is 9.64. The second kappa shape index (κ2) is 4.18. The molecule has 4 heteroatoms. The molecule has 0 atom stereocenters. The predicted molar refractivity (Wildman–Crippen MR) is 57.3 cm³/mol. The van der Waals surface area contributed by atoms with Gasteiger partial charge in [0.2, 0.25) is 0 Å². The van der Waals surface area contributed by atoms with Gasteiger partial charge in [0.15, 0.2) is 0 Å². The van der Waals surface area contributed by atoms with Gasteiger partial charge in [-0.2, -0.15) is 0 Å². The molecule has 0 unspecified atom stereocenters. The molecular formula is C8H8ClIO2. The first-order chi connectivity index (χ1) is 5.69. The summed E-state index contributed by atoms with van der Waals surface area (Å²) in [6.45, 7) is 0. The van der Waals surface area contributed by atoms with Crippen LogP contribution < -0.4 is 9.47 Å². The summed E-state index contributed by atoms with van der Waals surface area (Å²) < 4.78 is 11.0. The molecule has 1 aromatic carbocycles. The van der Waals surface area contributed by atoms with Crippen molar-refractivity contribution < 1.29 is 9.47 Å². The van der Waals surface area contributed by atoms with Crippen LogP contribution in [0.1, 0.15) is 0 Å². The highest BCUT2D eigenvalue weighted by Gasteiger charge is 2.06. The van der Waals surface area contributed by atoms with E-state index in [9.17, 15) is 0 Å². The maximum atomic E-state index is 5.91. The summed E-state index contributed by atoms with van der Waals surface area (Å²) in [6, 6.07) is 3.56. The van der Waals surface area contributed by atoms with Gasteiger partial charge in [-0.1, -0.05) is 11.6 Å². The smallest absolute Gasteiger partial charge is 0.137 e. The molecule has 12 heavy (non-hydrogen) atoms. The highest BCUT2D eigenvalue weighted by atomic mass is 127. The topological polar surface area (TPSA) is 18.5 Å². The minimum absolute atomic E-state index is 0.645. The van der Waals surface area contributed by atoms with Gasteiger partial charge >= 0.3 is 0 Å². The Hall–Kier alpha value is -0.160. The molecule has 1 aromatic rings. The second-order valence-electron chi connectivity index (χ2n) is 2.13. The number of ether oxygens (including phenoxy) is 2. The van der Waals surface area contributed by atoms with E-state index in [-0.39, 0.29) is 0 Å². The molecule has 0 heterocycles. The van der Waals surface area contributed by atoms with Crippen LogP contribution in [0.5, 0.6) is 11.5 Å². The van der Waals surface area contributed by atoms with Crippen molar-refractivity contribution in [2.75, 3.05) is 14.2 Å². The molecule has 0 spiro atoms. The Kier molecular flexibility index (Phi) is 3.46. The van der Waals surface area contributed by atoms with E-state index in [1.54, 1.807) is 26.4 Å². The Morgan fingerprint density at radius 2 is 1.92 bits per heavy atom. The van der Waals surface area contributed by atoms with Crippen LogP contribution in [-0.2, 0) is 0 Å². The molecule has 0 aliphatic rings. The first kappa shape index (κ1) is 9.92. The summed E-state index contributed by atoms with van der Waals surface area (Å²) in [7, 11) is 3.20. The zero-order chi connectivity index (χ0) is 9.14. The van der Waals surface area contributed by atoms with Crippen molar-refractivity contribution in [2.24, 2.45) is 0 Å². The Bertz CT molecular complexity index is 289. The van der Waals surface area contributed by atoms with Crippen molar-refractivity contribution in [1.82, 2.24) is 0 Å². The first-order valence-electron chi connectivity index (χ1n) is 3.26. The number of halogens is 2. The van der Waals surface area contributed by atoms with E-state index in [4.69, 9.17) is 21.1 Å². The molecule has 0 fully saturated rings. The molecule has 1 rings (SSSR count). The minimum Gasteiger partial charge on any atom is -0.497 e. The van der Waals surface area contributed by atoms with Crippen LogP contribution in [-0.4, -0.2) is 14.2 Å². The summed E-state index contributed by atoms with van der Waals surface area (Å²) >= 11 is 8.03. The molecule has 0 aromatic heterocycles. The van der Waals surface area contributed by atoms with Gasteiger partial charge in [0.05, 0.1) is 22.8 Å². The summed E-state index contributed by atoms with van der Waals surface area (Å²) in [5.74, 6) is 1.44. The standard InChI is InChI=1S/C8H8ClIO2/c1-11-5-3-6(9)8(10)7(4-5)12-2/h3-4H,1-2H3. The molecule has 0 aliphatic heterocycles. The lowest BCUT2D eigenvalue weighted by molar-refractivity contribution is 0.392. The van der Waals surface area contributed by atoms with Gasteiger partial charge in [0.1, 0.15) is 11.5 Å². The highest BCUT2D eigenvalue weighted by Crippen LogP contribution is 2.32. The van der Waals surface area contributed by atoms with E-state index < -0.39 is 0 Å². The van der Waals surface area contributed by atoms with E-state index >= 15 is 0 Å². The maximum Gasteiger partial charge on any atom is 0.137 e. The number of benzene rings is 1. The van der Waals surface area contributed by atoms with Crippen LogP contribution in [0.15, 0.2) is 12.1 Å². The van der Waals surface area contributed by atoms with Crippen molar-refractivity contribution in [3.8, 4) is 11.5 Å². The van der Waals surface area contributed by atoms with Crippen LogP contribution in [0.4, 0.5) is 0 Å². The third-order valence-electron chi connectivity index (χ3n) is 1.42. The first-order valence-corrected chi connectivity index (χ1v) is 4.71. The molecule has 0 radical (unpaired) electrons. The van der Waals surface area contributed by atoms with Crippen molar-refractivity contribution in [1.29, 1.82) is 0 Å². The molecule has 66 valence electrons. The minimum atomic E-state index is 0.645. The SMILES string of the molecule is COc1cc(Cl)c(I)c(OC)c1. The third-order valence-corrected chi connectivity index (χ3v) is 3.15. The lowest BCUT2D eigenvalue weighted by Crippen LogP contribution is -1.90. The quantitative estimate of drug-likeness (QED) is 0.782. The van der Waals surface area contributed by atoms with Gasteiger partial charge in [-0.05, 0) is 22.6 Å². The van der Waals surface area contributed by atoms with Crippen LogP contribution in [0, 0.1) is 3.57 Å². The predicted octanol–water partition coefficient (Wildman–Crippen LogP) is 2.96. The molecule has 0 aliphatic carbocycles. The van der Waals surface area contributed by atoms with Gasteiger partial charge in [0, 0.05) is 12.1 Å². The van der Waals surface area contributed by atoms with Gasteiger partial charge in [-0.3, -0.25) is 0 Å². The van der Waals surface area contributed by atoms with Gasteiger partial charge in [-0.25, -0.2) is 0 Å². The monoisotopic (exact) mass is 298 g/mol. The summed E-state index contributed by atoms with van der Waals surface area (Å²) in [4.78, 5) is 0. The summed E-state index contributed by atoms with van der Waals surface area (Å²) in [5, 5.41) is 0.645. The van der Waals surface area contributed by atoms with Gasteiger partial charge in [0.25, 0.3) is 0 Å². The highest BCUT2D eigenvalue weighted by molar-refractivity contribution is 14.1. The lowest BCUT2D eigenvalue weighted by Gasteiger charge is -2.07. The number of methoxy groups -OCH3 is 2. The van der Waals surface area contributed by atoms with Gasteiger partial charge < -0.3 is 9.47 Å². The van der Waals surface area contributed by atoms with Gasteiger partial charge in [-0.15, -0.1) is 0 Å². The zero-order valence-electron chi connectivity index (χ0n) is 6.73. The number of hydrogen-bond donors (Lipinski definition) is 0. The van der Waals surface area contributed by atoms with E-state index in [0.717, 1.165) is 9.32 Å². The number of hydrogen-bond acceptors (Lipinski definition) is 2. The Balaban J connectivity index is 3.19. The maximum absolute atomic E-state index is 5.91. The molecule has 0 saturated heterocycles. The van der Waals surface area contributed by atoms with Crippen molar-refractivity contribution in [2.45, 2.75) is 0 Å². The molecule has 0 amide bonds. The summed E-state index contributed by atoms with van der Waals surface area (Å²) in [5.41, 5.74) is 0. The average Bonchev–Trinajstić information content (AvgIpc) is 2.09. The van der Waals surface area contributed by atoms with Crippen LogP contribution >= 0.6 is 34.2 Å². The molecule has 0 bridgehead atoms. The molecular weight excluding hydrogens is 290 g/mol. The number of rotatable bonds is 2. The molecule has 0 saturated carbocycles. The fraction of sp³-hybridized carbons (Fsp3) is 0.250. The van der Waals surface area contributed by atoms with Crippen molar-refractivity contribution in [3.05, 3.63) is 20.7 Å². The van der Waals surface area contributed by atoms with Crippen LogP contribution in [0.3, 0.4) is 0 Å². The Morgan fingerprint density at radius 1 is 1.25 bits per heavy atom. The Morgan fingerprint density at radius 3 is 2.42 bits per heavy atom. The Labute approximate surface area is 90.0 Å². The molecule has 2 nitrogen and oxygen atoms in total.